The molecule has 0 aromatic rings. The summed E-state index contributed by atoms with van der Waals surface area (Å²) >= 11 is 0. The molecule has 0 aliphatic heterocycles. The van der Waals surface area contributed by atoms with Gasteiger partial charge in [0.05, 0.1) is 0 Å². The molecule has 57 valence electrons. The molecule has 9 heteroatoms. The van der Waals surface area contributed by atoms with Crippen molar-refractivity contribution < 1.29 is 30.5 Å². The van der Waals surface area contributed by atoms with Crippen molar-refractivity contribution in [2.75, 3.05) is 0 Å². The minimum Gasteiger partial charge on any atom is -0.187 e. The summed E-state index contributed by atoms with van der Waals surface area (Å²) in [6.45, 7) is 0. The maximum absolute atomic E-state index is 10.9. The number of halogens is 4. The van der Waals surface area contributed by atoms with Crippen LogP contribution in [0.5, 0.6) is 0 Å². The molecule has 0 aromatic heterocycles. The van der Waals surface area contributed by atoms with Crippen LogP contribution in [0.1, 0.15) is 0 Å². The van der Waals surface area contributed by atoms with Gasteiger partial charge in [0.25, 0.3) is 0 Å². The van der Waals surface area contributed by atoms with Crippen LogP contribution in [0.15, 0.2) is 0 Å². The second-order valence-electron chi connectivity index (χ2n) is 0.963. The van der Waals surface area contributed by atoms with Crippen LogP contribution >= 0.6 is 0 Å². The third-order valence-electron chi connectivity index (χ3n) is 0.366. The van der Waals surface area contributed by atoms with Gasteiger partial charge in [-0.25, -0.2) is 0 Å². The van der Waals surface area contributed by atoms with Crippen LogP contribution < -0.4 is 0 Å². The Morgan fingerprint density at radius 3 is 1.50 bits per heavy atom. The summed E-state index contributed by atoms with van der Waals surface area (Å²) in [5.41, 5.74) is -5.68. The zero-order chi connectivity index (χ0) is 7.71. The number of hydrogen-bond acceptors (Lipinski definition) is 3. The van der Waals surface area contributed by atoms with Gasteiger partial charge >= 0.3 is 15.6 Å². The van der Waals surface area contributed by atoms with Crippen molar-refractivity contribution >= 4 is 29.0 Å². The molecule has 0 aliphatic carbocycles. The molecule has 0 saturated carbocycles. The maximum Gasteiger partial charge on any atom is 0.525 e. The maximum atomic E-state index is 10.9. The van der Waals surface area contributed by atoms with Crippen LogP contribution in [0, 0.1) is 0 Å². The molecule has 10 heavy (non-hydrogen) atoms. The molecule has 0 fully saturated rings. The topological polar surface area (TPSA) is 43.4 Å². The van der Waals surface area contributed by atoms with E-state index in [1.165, 1.54) is 0 Å². The third-order valence-corrected chi connectivity index (χ3v) is 1.10. The van der Waals surface area contributed by atoms with Gasteiger partial charge in [-0.1, -0.05) is 4.39 Å². The Morgan fingerprint density at radius 2 is 1.50 bits per heavy atom. The standard InChI is InChI=1S/CF4O3S.Li/c2-1(3,4)9(6,7)8-5;. The van der Waals surface area contributed by atoms with Gasteiger partial charge in [-0.2, -0.15) is 21.6 Å². The quantitative estimate of drug-likeness (QED) is 0.328. The predicted molar refractivity (Wildman–Crippen MR) is 22.9 cm³/mol. The van der Waals surface area contributed by atoms with Crippen LogP contribution in [0.4, 0.5) is 17.7 Å². The Labute approximate surface area is 65.5 Å². The predicted octanol–water partition coefficient (Wildman–Crippen LogP) is 0.356. The molecule has 0 unspecified atom stereocenters. The molecule has 0 heterocycles. The number of hydrogen-bond donors (Lipinski definition) is 0. The summed E-state index contributed by atoms with van der Waals surface area (Å²) in [6.07, 6.45) is 0. The summed E-state index contributed by atoms with van der Waals surface area (Å²) < 4.78 is 63.3. The van der Waals surface area contributed by atoms with Crippen LogP contribution in [-0.4, -0.2) is 32.8 Å². The van der Waals surface area contributed by atoms with E-state index in [4.69, 9.17) is 0 Å². The molecule has 0 aliphatic rings. The summed E-state index contributed by atoms with van der Waals surface area (Å²) in [5.74, 6) is 0. The van der Waals surface area contributed by atoms with E-state index in [1.54, 1.807) is 4.39 Å². The van der Waals surface area contributed by atoms with Gasteiger partial charge in [0.1, 0.15) is 0 Å². The second kappa shape index (κ2) is 3.57. The Balaban J connectivity index is 0. The Kier molecular flexibility index (Phi) is 4.59. The van der Waals surface area contributed by atoms with Gasteiger partial charge in [-0.3, -0.25) is 0 Å². The van der Waals surface area contributed by atoms with E-state index in [0.717, 1.165) is 0 Å². The summed E-state index contributed by atoms with van der Waals surface area (Å²) in [7, 11) is -6.00. The van der Waals surface area contributed by atoms with Crippen LogP contribution in [0.25, 0.3) is 0 Å². The van der Waals surface area contributed by atoms with E-state index >= 15 is 0 Å². The molecule has 0 atom stereocenters. The third kappa shape index (κ3) is 2.87. The summed E-state index contributed by atoms with van der Waals surface area (Å²) in [6, 6.07) is 0. The fourth-order valence-corrected chi connectivity index (χ4v) is 0.107. The van der Waals surface area contributed by atoms with Gasteiger partial charge in [0.15, 0.2) is 0 Å². The van der Waals surface area contributed by atoms with E-state index in [0.29, 0.717) is 0 Å². The first-order valence-electron chi connectivity index (χ1n) is 1.43. The molecule has 3 nitrogen and oxygen atoms in total. The fourth-order valence-electron chi connectivity index (χ4n) is 0.0357. The summed E-state index contributed by atoms with van der Waals surface area (Å²) in [5, 5.41) is 0. The van der Waals surface area contributed by atoms with Crippen LogP contribution in [-0.2, 0) is 14.5 Å². The molecule has 0 rings (SSSR count). The molecular formula is CF4LiO3S. The smallest absolute Gasteiger partial charge is 0.187 e. The van der Waals surface area contributed by atoms with E-state index in [9.17, 15) is 26.1 Å². The Bertz CT molecular complexity index is 181. The molecule has 0 bridgehead atoms. The van der Waals surface area contributed by atoms with E-state index in [1.807, 2.05) is 0 Å². The van der Waals surface area contributed by atoms with Gasteiger partial charge in [0.2, 0.25) is 0 Å². The van der Waals surface area contributed by atoms with Gasteiger partial charge in [0, 0.05) is 18.9 Å². The largest absolute Gasteiger partial charge is 0.525 e. The molecule has 1 radical (unpaired) electrons. The summed E-state index contributed by atoms with van der Waals surface area (Å²) in [4.78, 5) is 0. The van der Waals surface area contributed by atoms with Gasteiger partial charge in [-0.15, -0.1) is 0 Å². The number of alkyl halides is 3. The normalized spacial score (nSPS) is 12.4. The minimum absolute atomic E-state index is 0. The molecule has 0 amide bonds. The zero-order valence-corrected chi connectivity index (χ0v) is 5.46. The first-order valence-corrected chi connectivity index (χ1v) is 2.83. The average Bonchev–Trinajstić information content (AvgIpc) is 1.64. The Morgan fingerprint density at radius 1 is 1.20 bits per heavy atom. The van der Waals surface area contributed by atoms with E-state index in [2.05, 4.69) is 0 Å². The average molecular weight is 175 g/mol. The zero-order valence-electron chi connectivity index (χ0n) is 4.64. The van der Waals surface area contributed by atoms with E-state index < -0.39 is 15.6 Å². The van der Waals surface area contributed by atoms with Crippen LogP contribution in [0.2, 0.25) is 0 Å². The van der Waals surface area contributed by atoms with Crippen molar-refractivity contribution in [1.29, 1.82) is 0 Å². The van der Waals surface area contributed by atoms with Crippen molar-refractivity contribution in [3.8, 4) is 0 Å². The molecule has 0 N–H and O–H groups in total. The monoisotopic (exact) mass is 175 g/mol. The van der Waals surface area contributed by atoms with Crippen molar-refractivity contribution in [3.63, 3.8) is 0 Å². The Hall–Kier alpha value is 0.227. The van der Waals surface area contributed by atoms with Crippen LogP contribution in [0.3, 0.4) is 0 Å². The number of rotatable bonds is 1. The first kappa shape index (κ1) is 12.9. The molecular weight excluding hydrogens is 175 g/mol. The molecule has 0 aromatic carbocycles. The van der Waals surface area contributed by atoms with Gasteiger partial charge in [-0.05, 0) is 4.53 Å². The van der Waals surface area contributed by atoms with E-state index in [-0.39, 0.29) is 18.9 Å². The molecule has 0 spiro atoms. The fraction of sp³-hybridized carbons (Fsp3) is 1.00. The SMILES string of the molecule is O=S(=O)(OF)C(F)(F)F.[Li]. The molecule has 0 saturated heterocycles. The van der Waals surface area contributed by atoms with Crippen molar-refractivity contribution in [3.05, 3.63) is 0 Å². The first-order chi connectivity index (χ1) is 3.81. The van der Waals surface area contributed by atoms with Gasteiger partial charge < -0.3 is 0 Å². The minimum atomic E-state index is -6.00. The van der Waals surface area contributed by atoms with Crippen molar-refractivity contribution in [2.45, 2.75) is 5.51 Å². The van der Waals surface area contributed by atoms with Crippen molar-refractivity contribution in [2.24, 2.45) is 0 Å². The van der Waals surface area contributed by atoms with Crippen molar-refractivity contribution in [1.82, 2.24) is 0 Å². The second-order valence-corrected chi connectivity index (χ2v) is 2.46.